The van der Waals surface area contributed by atoms with Crippen molar-refractivity contribution >= 4 is 21.2 Å². The van der Waals surface area contributed by atoms with Crippen LogP contribution in [0.5, 0.6) is 0 Å². The van der Waals surface area contributed by atoms with Gasteiger partial charge in [0.25, 0.3) is 0 Å². The first-order chi connectivity index (χ1) is 6.46. The molecule has 0 aliphatic carbocycles. The molecule has 6 heteroatoms. The van der Waals surface area contributed by atoms with E-state index in [0.717, 1.165) is 17.0 Å². The van der Waals surface area contributed by atoms with Gasteiger partial charge in [0.15, 0.2) is 9.84 Å². The third kappa shape index (κ3) is 3.04. The van der Waals surface area contributed by atoms with Crippen molar-refractivity contribution in [3.63, 3.8) is 0 Å². The molecular formula is C8H14N2O2S2. The predicted octanol–water partition coefficient (Wildman–Crippen LogP) is 0.709. The van der Waals surface area contributed by atoms with E-state index in [-0.39, 0.29) is 5.75 Å². The number of rotatable bonds is 4. The molecule has 0 aromatic carbocycles. The quantitative estimate of drug-likeness (QED) is 0.832. The molecule has 0 spiro atoms. The van der Waals surface area contributed by atoms with E-state index >= 15 is 0 Å². The average molecular weight is 234 g/mol. The molecule has 14 heavy (non-hydrogen) atoms. The molecule has 4 nitrogen and oxygen atoms in total. The second kappa shape index (κ2) is 4.37. The van der Waals surface area contributed by atoms with Gasteiger partial charge < -0.3 is 5.73 Å². The van der Waals surface area contributed by atoms with Crippen LogP contribution in [0, 0.1) is 0 Å². The predicted molar refractivity (Wildman–Crippen MR) is 57.9 cm³/mol. The van der Waals surface area contributed by atoms with E-state index in [9.17, 15) is 8.42 Å². The zero-order chi connectivity index (χ0) is 10.8. The number of aryl methyl sites for hydroxylation is 1. The molecule has 1 aromatic rings. The fourth-order valence-electron chi connectivity index (χ4n) is 1.16. The summed E-state index contributed by atoms with van der Waals surface area (Å²) in [5.74, 6) is 0.0185. The molecule has 80 valence electrons. The van der Waals surface area contributed by atoms with Crippen molar-refractivity contribution in [1.29, 1.82) is 0 Å². The Labute approximate surface area is 88.1 Å². The first-order valence-corrected chi connectivity index (χ1v) is 7.19. The van der Waals surface area contributed by atoms with E-state index in [1.807, 2.05) is 6.92 Å². The molecule has 0 radical (unpaired) electrons. The molecule has 0 saturated carbocycles. The smallest absolute Gasteiger partial charge is 0.153 e. The summed E-state index contributed by atoms with van der Waals surface area (Å²) in [4.78, 5) is 5.24. The molecule has 0 saturated heterocycles. The maximum absolute atomic E-state index is 11.0. The third-order valence-electron chi connectivity index (χ3n) is 1.73. The maximum atomic E-state index is 11.0. The zero-order valence-corrected chi connectivity index (χ0v) is 9.91. The van der Waals surface area contributed by atoms with E-state index in [1.54, 1.807) is 0 Å². The van der Waals surface area contributed by atoms with Gasteiger partial charge in [0.2, 0.25) is 0 Å². The number of nitrogens with two attached hydrogens (primary N) is 1. The molecule has 0 atom stereocenters. The van der Waals surface area contributed by atoms with E-state index in [2.05, 4.69) is 4.98 Å². The maximum Gasteiger partial charge on any atom is 0.153 e. The summed E-state index contributed by atoms with van der Waals surface area (Å²) in [6, 6.07) is 0. The fourth-order valence-corrected chi connectivity index (χ4v) is 3.38. The summed E-state index contributed by atoms with van der Waals surface area (Å²) in [5, 5.41) is 0.643. The second-order valence-electron chi connectivity index (χ2n) is 3.11. The average Bonchev–Trinajstić information content (AvgIpc) is 2.43. The molecule has 1 heterocycles. The number of sulfone groups is 1. The van der Waals surface area contributed by atoms with Gasteiger partial charge in [-0.05, 0) is 6.42 Å². The van der Waals surface area contributed by atoms with Crippen molar-refractivity contribution in [3.8, 4) is 0 Å². The second-order valence-corrected chi connectivity index (χ2v) is 6.41. The minimum atomic E-state index is -2.99. The van der Waals surface area contributed by atoms with Crippen molar-refractivity contribution in [3.05, 3.63) is 15.6 Å². The molecule has 0 aliphatic rings. The van der Waals surface area contributed by atoms with Gasteiger partial charge in [-0.1, -0.05) is 6.92 Å². The summed E-state index contributed by atoms with van der Waals surface area (Å²) in [6.07, 6.45) is 2.01. The van der Waals surface area contributed by atoms with Gasteiger partial charge in [0.1, 0.15) is 10.8 Å². The molecule has 0 unspecified atom stereocenters. The van der Waals surface area contributed by atoms with Gasteiger partial charge in [-0.3, -0.25) is 0 Å². The van der Waals surface area contributed by atoms with Crippen LogP contribution < -0.4 is 5.73 Å². The van der Waals surface area contributed by atoms with Crippen LogP contribution in [0.2, 0.25) is 0 Å². The summed E-state index contributed by atoms with van der Waals surface area (Å²) >= 11 is 1.40. The van der Waals surface area contributed by atoms with E-state index in [4.69, 9.17) is 5.73 Å². The fraction of sp³-hybridized carbons (Fsp3) is 0.625. The van der Waals surface area contributed by atoms with E-state index < -0.39 is 9.84 Å². The molecule has 2 N–H and O–H groups in total. The number of hydrogen-bond donors (Lipinski definition) is 1. The van der Waals surface area contributed by atoms with Crippen molar-refractivity contribution in [2.75, 3.05) is 6.26 Å². The normalized spacial score (nSPS) is 11.9. The van der Waals surface area contributed by atoms with Gasteiger partial charge in [-0.2, -0.15) is 0 Å². The van der Waals surface area contributed by atoms with Crippen LogP contribution in [0.15, 0.2) is 0 Å². The summed E-state index contributed by atoms with van der Waals surface area (Å²) < 4.78 is 22.1. The summed E-state index contributed by atoms with van der Waals surface area (Å²) in [7, 11) is -2.99. The highest BCUT2D eigenvalue weighted by Gasteiger charge is 2.12. The van der Waals surface area contributed by atoms with Crippen molar-refractivity contribution in [2.24, 2.45) is 5.73 Å². The van der Waals surface area contributed by atoms with Crippen LogP contribution in [0.25, 0.3) is 0 Å². The largest absolute Gasteiger partial charge is 0.326 e. The number of aromatic nitrogens is 1. The van der Waals surface area contributed by atoms with Crippen molar-refractivity contribution in [2.45, 2.75) is 25.6 Å². The Balaban J connectivity index is 2.96. The van der Waals surface area contributed by atoms with Crippen molar-refractivity contribution in [1.82, 2.24) is 4.98 Å². The minimum Gasteiger partial charge on any atom is -0.326 e. The first kappa shape index (κ1) is 11.6. The summed E-state index contributed by atoms with van der Waals surface area (Å²) in [6.45, 7) is 2.42. The highest BCUT2D eigenvalue weighted by molar-refractivity contribution is 7.90. The van der Waals surface area contributed by atoms with Crippen LogP contribution in [0.4, 0.5) is 0 Å². The summed E-state index contributed by atoms with van der Waals surface area (Å²) in [5.41, 5.74) is 6.45. The monoisotopic (exact) mass is 234 g/mol. The van der Waals surface area contributed by atoms with E-state index in [0.29, 0.717) is 11.6 Å². The van der Waals surface area contributed by atoms with Gasteiger partial charge >= 0.3 is 0 Å². The molecule has 0 fully saturated rings. The molecule has 0 amide bonds. The lowest BCUT2D eigenvalue weighted by Gasteiger charge is -1.91. The Hall–Kier alpha value is -0.460. The number of thiazole rings is 1. The zero-order valence-electron chi connectivity index (χ0n) is 8.28. The van der Waals surface area contributed by atoms with Gasteiger partial charge in [0, 0.05) is 17.7 Å². The Kier molecular flexibility index (Phi) is 3.63. The van der Waals surface area contributed by atoms with Crippen LogP contribution >= 0.6 is 11.3 Å². The first-order valence-electron chi connectivity index (χ1n) is 4.31. The van der Waals surface area contributed by atoms with Gasteiger partial charge in [0.05, 0.1) is 5.69 Å². The molecule has 0 bridgehead atoms. The lowest BCUT2D eigenvalue weighted by molar-refractivity contribution is 0.601. The minimum absolute atomic E-state index is 0.0185. The Morgan fingerprint density at radius 3 is 2.50 bits per heavy atom. The van der Waals surface area contributed by atoms with Gasteiger partial charge in [-0.15, -0.1) is 11.3 Å². The third-order valence-corrected chi connectivity index (χ3v) is 3.83. The lowest BCUT2D eigenvalue weighted by Crippen LogP contribution is -2.00. The Morgan fingerprint density at radius 2 is 2.14 bits per heavy atom. The van der Waals surface area contributed by atoms with E-state index in [1.165, 1.54) is 17.6 Å². The molecular weight excluding hydrogens is 220 g/mol. The molecule has 1 rings (SSSR count). The number of nitrogens with zero attached hydrogens (tertiary/aromatic N) is 1. The number of hydrogen-bond acceptors (Lipinski definition) is 5. The van der Waals surface area contributed by atoms with Crippen LogP contribution in [-0.2, 0) is 28.6 Å². The van der Waals surface area contributed by atoms with Crippen molar-refractivity contribution < 1.29 is 8.42 Å². The topological polar surface area (TPSA) is 73.0 Å². The standard InChI is InChI=1S/C8H14N2O2S2/c1-3-6-7(4-9)13-8(10-6)5-14(2,11)12/h3-5,9H2,1-2H3. The van der Waals surface area contributed by atoms with Crippen LogP contribution in [0.1, 0.15) is 22.5 Å². The van der Waals surface area contributed by atoms with Gasteiger partial charge in [-0.25, -0.2) is 13.4 Å². The lowest BCUT2D eigenvalue weighted by atomic mass is 10.3. The Morgan fingerprint density at radius 1 is 1.50 bits per heavy atom. The van der Waals surface area contributed by atoms with Crippen LogP contribution in [0.3, 0.4) is 0 Å². The molecule has 0 aliphatic heterocycles. The SMILES string of the molecule is CCc1nc(CS(C)(=O)=O)sc1CN. The highest BCUT2D eigenvalue weighted by atomic mass is 32.2. The highest BCUT2D eigenvalue weighted by Crippen LogP contribution is 2.20. The molecule has 1 aromatic heterocycles. The van der Waals surface area contributed by atoms with Crippen LogP contribution in [-0.4, -0.2) is 19.7 Å². The Bertz CT molecular complexity index is 387.